The molecular formula is C18H19BrN2O2. The summed E-state index contributed by atoms with van der Waals surface area (Å²) in [5.74, 6) is -0.545. The molecule has 0 spiro atoms. The maximum absolute atomic E-state index is 12.5. The molecule has 120 valence electrons. The van der Waals surface area contributed by atoms with Gasteiger partial charge in [0, 0.05) is 10.2 Å². The predicted molar refractivity (Wildman–Crippen MR) is 95.3 cm³/mol. The zero-order valence-electron chi connectivity index (χ0n) is 13.0. The number of carbonyl (C=O) groups excluding carboxylic acids is 2. The molecule has 0 aliphatic rings. The fourth-order valence-corrected chi connectivity index (χ4v) is 2.61. The topological polar surface area (TPSA) is 58.2 Å². The second-order valence-electron chi connectivity index (χ2n) is 5.53. The summed E-state index contributed by atoms with van der Waals surface area (Å²) in [5, 5.41) is 5.64. The number of nitrogens with one attached hydrogen (secondary N) is 2. The van der Waals surface area contributed by atoms with Crippen LogP contribution in [0.25, 0.3) is 0 Å². The minimum atomic E-state index is -0.616. The highest BCUT2D eigenvalue weighted by atomic mass is 79.9. The lowest BCUT2D eigenvalue weighted by Gasteiger charge is -2.22. The quantitative estimate of drug-likeness (QED) is 0.834. The molecule has 1 atom stereocenters. The maximum Gasteiger partial charge on any atom is 0.253 e. The summed E-state index contributed by atoms with van der Waals surface area (Å²) in [6.45, 7) is 3.80. The lowest BCUT2D eigenvalue weighted by atomic mass is 10.0. The Labute approximate surface area is 144 Å². The van der Waals surface area contributed by atoms with Gasteiger partial charge >= 0.3 is 0 Å². The van der Waals surface area contributed by atoms with E-state index in [1.807, 2.05) is 50.2 Å². The van der Waals surface area contributed by atoms with Gasteiger partial charge in [-0.25, -0.2) is 0 Å². The standard InChI is InChI=1S/C18H19BrN2O2/c1-12(2)16(18(23)20-13-8-4-3-5-9-13)21-17(22)14-10-6-7-11-15(14)19/h3-12,16H,1-2H3,(H,20,23)(H,21,22). The molecule has 0 saturated heterocycles. The second-order valence-corrected chi connectivity index (χ2v) is 6.38. The minimum Gasteiger partial charge on any atom is -0.340 e. The fourth-order valence-electron chi connectivity index (χ4n) is 2.14. The molecule has 0 aliphatic heterocycles. The van der Waals surface area contributed by atoms with Crippen LogP contribution in [-0.2, 0) is 4.79 Å². The van der Waals surface area contributed by atoms with E-state index in [2.05, 4.69) is 26.6 Å². The van der Waals surface area contributed by atoms with Gasteiger partial charge in [-0.3, -0.25) is 9.59 Å². The molecule has 5 heteroatoms. The fraction of sp³-hybridized carbons (Fsp3) is 0.222. The summed E-state index contributed by atoms with van der Waals surface area (Å²) >= 11 is 3.35. The van der Waals surface area contributed by atoms with Crippen LogP contribution in [0.15, 0.2) is 59.1 Å². The number of anilines is 1. The van der Waals surface area contributed by atoms with E-state index in [0.717, 1.165) is 0 Å². The van der Waals surface area contributed by atoms with Crippen molar-refractivity contribution in [3.8, 4) is 0 Å². The first-order valence-electron chi connectivity index (χ1n) is 7.40. The van der Waals surface area contributed by atoms with Gasteiger partial charge in [0.2, 0.25) is 5.91 Å². The van der Waals surface area contributed by atoms with E-state index in [4.69, 9.17) is 0 Å². The van der Waals surface area contributed by atoms with Gasteiger partial charge in [-0.1, -0.05) is 44.2 Å². The van der Waals surface area contributed by atoms with E-state index in [1.54, 1.807) is 18.2 Å². The van der Waals surface area contributed by atoms with Gasteiger partial charge in [-0.05, 0) is 46.1 Å². The number of rotatable bonds is 5. The molecule has 4 nitrogen and oxygen atoms in total. The molecule has 0 radical (unpaired) electrons. The number of hydrogen-bond acceptors (Lipinski definition) is 2. The molecule has 0 aromatic heterocycles. The summed E-state index contributed by atoms with van der Waals surface area (Å²) in [6.07, 6.45) is 0. The summed E-state index contributed by atoms with van der Waals surface area (Å²) in [7, 11) is 0. The number of amides is 2. The Hall–Kier alpha value is -2.14. The number of halogens is 1. The van der Waals surface area contributed by atoms with E-state index in [-0.39, 0.29) is 17.7 Å². The lowest BCUT2D eigenvalue weighted by Crippen LogP contribution is -2.47. The molecular weight excluding hydrogens is 356 g/mol. The number of benzene rings is 2. The molecule has 23 heavy (non-hydrogen) atoms. The van der Waals surface area contributed by atoms with E-state index in [9.17, 15) is 9.59 Å². The molecule has 0 bridgehead atoms. The molecule has 2 amide bonds. The molecule has 0 saturated carbocycles. The van der Waals surface area contributed by atoms with Crippen molar-refractivity contribution >= 4 is 33.4 Å². The normalized spacial score (nSPS) is 11.8. The van der Waals surface area contributed by atoms with Crippen molar-refractivity contribution in [3.05, 3.63) is 64.6 Å². The molecule has 2 N–H and O–H groups in total. The summed E-state index contributed by atoms with van der Waals surface area (Å²) in [5.41, 5.74) is 1.21. The van der Waals surface area contributed by atoms with Crippen molar-refractivity contribution in [1.82, 2.24) is 5.32 Å². The summed E-state index contributed by atoms with van der Waals surface area (Å²) in [4.78, 5) is 24.9. The van der Waals surface area contributed by atoms with Gasteiger partial charge in [0.05, 0.1) is 5.56 Å². The van der Waals surface area contributed by atoms with E-state index >= 15 is 0 Å². The van der Waals surface area contributed by atoms with Crippen LogP contribution in [-0.4, -0.2) is 17.9 Å². The van der Waals surface area contributed by atoms with Crippen molar-refractivity contribution in [2.75, 3.05) is 5.32 Å². The Morgan fingerprint density at radius 2 is 1.57 bits per heavy atom. The van der Waals surface area contributed by atoms with Crippen LogP contribution in [0.3, 0.4) is 0 Å². The van der Waals surface area contributed by atoms with E-state index in [1.165, 1.54) is 0 Å². The first kappa shape index (κ1) is 17.2. The molecule has 2 aromatic rings. The Bertz CT molecular complexity index is 686. The third-order valence-corrected chi connectivity index (χ3v) is 4.09. The number of para-hydroxylation sites is 1. The third-order valence-electron chi connectivity index (χ3n) is 3.40. The summed E-state index contributed by atoms with van der Waals surface area (Å²) in [6, 6.07) is 15.7. The Morgan fingerprint density at radius 1 is 0.957 bits per heavy atom. The highest BCUT2D eigenvalue weighted by Gasteiger charge is 2.25. The minimum absolute atomic E-state index is 0.0369. The Kier molecular flexibility index (Phi) is 5.93. The van der Waals surface area contributed by atoms with Crippen molar-refractivity contribution in [2.24, 2.45) is 5.92 Å². The third kappa shape index (κ3) is 4.66. The van der Waals surface area contributed by atoms with Crippen LogP contribution in [0.1, 0.15) is 24.2 Å². The highest BCUT2D eigenvalue weighted by Crippen LogP contribution is 2.17. The molecule has 0 fully saturated rings. The zero-order valence-corrected chi connectivity index (χ0v) is 14.6. The van der Waals surface area contributed by atoms with E-state index in [0.29, 0.717) is 15.7 Å². The van der Waals surface area contributed by atoms with Crippen molar-refractivity contribution < 1.29 is 9.59 Å². The van der Waals surface area contributed by atoms with Crippen LogP contribution in [0, 0.1) is 5.92 Å². The monoisotopic (exact) mass is 374 g/mol. The van der Waals surface area contributed by atoms with Gasteiger partial charge in [0.1, 0.15) is 6.04 Å². The summed E-state index contributed by atoms with van der Waals surface area (Å²) < 4.78 is 0.698. The van der Waals surface area contributed by atoms with Gasteiger partial charge in [-0.2, -0.15) is 0 Å². The number of hydrogen-bond donors (Lipinski definition) is 2. The van der Waals surface area contributed by atoms with Gasteiger partial charge < -0.3 is 10.6 Å². The zero-order chi connectivity index (χ0) is 16.8. The average Bonchev–Trinajstić information content (AvgIpc) is 2.53. The molecule has 1 unspecified atom stereocenters. The Morgan fingerprint density at radius 3 is 2.17 bits per heavy atom. The highest BCUT2D eigenvalue weighted by molar-refractivity contribution is 9.10. The SMILES string of the molecule is CC(C)C(NC(=O)c1ccccc1Br)C(=O)Nc1ccccc1. The predicted octanol–water partition coefficient (Wildman–Crippen LogP) is 3.84. The van der Waals surface area contributed by atoms with Gasteiger partial charge in [0.25, 0.3) is 5.91 Å². The van der Waals surface area contributed by atoms with Crippen molar-refractivity contribution in [3.63, 3.8) is 0 Å². The molecule has 0 aliphatic carbocycles. The van der Waals surface area contributed by atoms with Crippen LogP contribution in [0.2, 0.25) is 0 Å². The van der Waals surface area contributed by atoms with Gasteiger partial charge in [-0.15, -0.1) is 0 Å². The second kappa shape index (κ2) is 7.92. The van der Waals surface area contributed by atoms with Crippen LogP contribution >= 0.6 is 15.9 Å². The van der Waals surface area contributed by atoms with Crippen LogP contribution in [0.4, 0.5) is 5.69 Å². The molecule has 0 heterocycles. The average molecular weight is 375 g/mol. The van der Waals surface area contributed by atoms with E-state index < -0.39 is 6.04 Å². The number of carbonyl (C=O) groups is 2. The first-order chi connectivity index (χ1) is 11.0. The van der Waals surface area contributed by atoms with Crippen molar-refractivity contribution in [2.45, 2.75) is 19.9 Å². The van der Waals surface area contributed by atoms with Crippen LogP contribution < -0.4 is 10.6 Å². The maximum atomic E-state index is 12.5. The van der Waals surface area contributed by atoms with Crippen molar-refractivity contribution in [1.29, 1.82) is 0 Å². The Balaban J connectivity index is 2.11. The van der Waals surface area contributed by atoms with Gasteiger partial charge in [0.15, 0.2) is 0 Å². The largest absolute Gasteiger partial charge is 0.340 e. The first-order valence-corrected chi connectivity index (χ1v) is 8.19. The van der Waals surface area contributed by atoms with Crippen LogP contribution in [0.5, 0.6) is 0 Å². The lowest BCUT2D eigenvalue weighted by molar-refractivity contribution is -0.118. The molecule has 2 aromatic carbocycles. The smallest absolute Gasteiger partial charge is 0.253 e. The molecule has 2 rings (SSSR count).